The van der Waals surface area contributed by atoms with Crippen molar-refractivity contribution in [3.8, 4) is 0 Å². The van der Waals surface area contributed by atoms with Crippen LogP contribution in [0.15, 0.2) is 11.4 Å². The Morgan fingerprint density at radius 3 is 2.76 bits per heavy atom. The summed E-state index contributed by atoms with van der Waals surface area (Å²) in [6.45, 7) is 3.73. The standard InChI is InChI=1S/C13H16N4O3S/c1-4-8-5-10(17(3)16-8)11(18)14-7(2)12-15-9(6-21-12)13(19)20/h5-7H,4H2,1-3H3,(H,14,18)(H,19,20). The molecule has 0 fully saturated rings. The van der Waals surface area contributed by atoms with E-state index < -0.39 is 5.97 Å². The van der Waals surface area contributed by atoms with Crippen LogP contribution in [0.2, 0.25) is 0 Å². The first-order valence-corrected chi connectivity index (χ1v) is 7.32. The maximum atomic E-state index is 12.2. The largest absolute Gasteiger partial charge is 0.476 e. The zero-order chi connectivity index (χ0) is 15.6. The average molecular weight is 308 g/mol. The van der Waals surface area contributed by atoms with Crippen molar-refractivity contribution in [2.24, 2.45) is 7.05 Å². The molecule has 0 saturated carbocycles. The van der Waals surface area contributed by atoms with E-state index in [4.69, 9.17) is 5.11 Å². The molecular formula is C13H16N4O3S. The van der Waals surface area contributed by atoms with Crippen molar-refractivity contribution in [1.82, 2.24) is 20.1 Å². The molecule has 2 heterocycles. The van der Waals surface area contributed by atoms with Gasteiger partial charge in [0.05, 0.1) is 11.7 Å². The molecule has 7 nitrogen and oxygen atoms in total. The summed E-state index contributed by atoms with van der Waals surface area (Å²) < 4.78 is 1.53. The Morgan fingerprint density at radius 1 is 1.52 bits per heavy atom. The van der Waals surface area contributed by atoms with E-state index in [-0.39, 0.29) is 17.6 Å². The average Bonchev–Trinajstić information content (AvgIpc) is 3.04. The van der Waals surface area contributed by atoms with E-state index in [0.29, 0.717) is 10.7 Å². The third kappa shape index (κ3) is 3.27. The van der Waals surface area contributed by atoms with Crippen molar-refractivity contribution in [1.29, 1.82) is 0 Å². The minimum Gasteiger partial charge on any atom is -0.476 e. The highest BCUT2D eigenvalue weighted by Crippen LogP contribution is 2.18. The molecule has 2 rings (SSSR count). The van der Waals surface area contributed by atoms with Gasteiger partial charge in [0.25, 0.3) is 5.91 Å². The number of aromatic carboxylic acids is 1. The number of aromatic nitrogens is 3. The van der Waals surface area contributed by atoms with E-state index in [1.165, 1.54) is 21.4 Å². The molecule has 112 valence electrons. The Kier molecular flexibility index (Phi) is 4.37. The maximum Gasteiger partial charge on any atom is 0.355 e. The highest BCUT2D eigenvalue weighted by atomic mass is 32.1. The molecule has 8 heteroatoms. The normalized spacial score (nSPS) is 12.1. The topological polar surface area (TPSA) is 97.1 Å². The van der Waals surface area contributed by atoms with Crippen molar-refractivity contribution < 1.29 is 14.7 Å². The van der Waals surface area contributed by atoms with E-state index in [0.717, 1.165) is 12.1 Å². The maximum absolute atomic E-state index is 12.2. The van der Waals surface area contributed by atoms with Crippen LogP contribution in [0.3, 0.4) is 0 Å². The summed E-state index contributed by atoms with van der Waals surface area (Å²) in [5, 5.41) is 17.9. The highest BCUT2D eigenvalue weighted by molar-refractivity contribution is 7.09. The predicted octanol–water partition coefficient (Wildman–Crippen LogP) is 1.63. The Bertz CT molecular complexity index is 677. The number of nitrogens with zero attached hydrogens (tertiary/aromatic N) is 3. The minimum absolute atomic E-state index is 0.00935. The fraction of sp³-hybridized carbons (Fsp3) is 0.385. The molecule has 0 spiro atoms. The lowest BCUT2D eigenvalue weighted by atomic mass is 10.2. The van der Waals surface area contributed by atoms with Gasteiger partial charge in [0.15, 0.2) is 5.69 Å². The zero-order valence-electron chi connectivity index (χ0n) is 12.0. The van der Waals surface area contributed by atoms with Crippen LogP contribution in [0.5, 0.6) is 0 Å². The number of rotatable bonds is 5. The van der Waals surface area contributed by atoms with E-state index in [2.05, 4.69) is 15.4 Å². The quantitative estimate of drug-likeness (QED) is 0.875. The van der Waals surface area contributed by atoms with E-state index >= 15 is 0 Å². The zero-order valence-corrected chi connectivity index (χ0v) is 12.8. The third-order valence-corrected chi connectivity index (χ3v) is 4.01. The van der Waals surface area contributed by atoms with Gasteiger partial charge in [-0.05, 0) is 19.4 Å². The Hall–Kier alpha value is -2.22. The molecule has 0 radical (unpaired) electrons. The van der Waals surface area contributed by atoms with Crippen molar-refractivity contribution in [3.63, 3.8) is 0 Å². The summed E-state index contributed by atoms with van der Waals surface area (Å²) in [7, 11) is 1.71. The second-order valence-corrected chi connectivity index (χ2v) is 5.46. The van der Waals surface area contributed by atoms with E-state index in [1.54, 1.807) is 20.0 Å². The number of hydrogen-bond acceptors (Lipinski definition) is 5. The Morgan fingerprint density at radius 2 is 2.24 bits per heavy atom. The number of carbonyl (C=O) groups is 2. The molecule has 2 aromatic rings. The van der Waals surface area contributed by atoms with Crippen molar-refractivity contribution in [2.45, 2.75) is 26.3 Å². The molecule has 0 saturated heterocycles. The monoisotopic (exact) mass is 308 g/mol. The molecule has 1 atom stereocenters. The highest BCUT2D eigenvalue weighted by Gasteiger charge is 2.19. The van der Waals surface area contributed by atoms with Crippen LogP contribution in [-0.2, 0) is 13.5 Å². The second-order valence-electron chi connectivity index (χ2n) is 4.57. The number of aryl methyl sites for hydroxylation is 2. The van der Waals surface area contributed by atoms with Gasteiger partial charge in [-0.25, -0.2) is 9.78 Å². The molecule has 0 aromatic carbocycles. The molecule has 21 heavy (non-hydrogen) atoms. The van der Waals surface area contributed by atoms with Crippen LogP contribution in [0, 0.1) is 0 Å². The number of carboxylic acids is 1. The predicted molar refractivity (Wildman–Crippen MR) is 77.5 cm³/mol. The second kappa shape index (κ2) is 6.04. The summed E-state index contributed by atoms with van der Waals surface area (Å²) in [6, 6.07) is 1.38. The van der Waals surface area contributed by atoms with Gasteiger partial charge in [-0.2, -0.15) is 5.10 Å². The number of amides is 1. The summed E-state index contributed by atoms with van der Waals surface area (Å²) in [5.74, 6) is -1.33. The molecule has 1 unspecified atom stereocenters. The van der Waals surface area contributed by atoms with E-state index in [9.17, 15) is 9.59 Å². The Balaban J connectivity index is 2.10. The SMILES string of the molecule is CCc1cc(C(=O)NC(C)c2nc(C(=O)O)cs2)n(C)n1. The van der Waals surface area contributed by atoms with Crippen LogP contribution in [0.1, 0.15) is 51.6 Å². The van der Waals surface area contributed by atoms with Gasteiger partial charge < -0.3 is 10.4 Å². The fourth-order valence-corrected chi connectivity index (χ4v) is 2.63. The van der Waals surface area contributed by atoms with Crippen LogP contribution < -0.4 is 5.32 Å². The first-order valence-electron chi connectivity index (χ1n) is 6.44. The number of thiazole rings is 1. The van der Waals surface area contributed by atoms with Crippen molar-refractivity contribution in [2.75, 3.05) is 0 Å². The number of nitrogens with one attached hydrogen (secondary N) is 1. The number of hydrogen-bond donors (Lipinski definition) is 2. The Labute approximate surface area is 125 Å². The number of carbonyl (C=O) groups excluding carboxylic acids is 1. The van der Waals surface area contributed by atoms with Crippen LogP contribution >= 0.6 is 11.3 Å². The van der Waals surface area contributed by atoms with Gasteiger partial charge in [-0.3, -0.25) is 9.48 Å². The lowest BCUT2D eigenvalue weighted by Crippen LogP contribution is -2.28. The van der Waals surface area contributed by atoms with Crippen molar-refractivity contribution in [3.05, 3.63) is 33.5 Å². The molecule has 0 aliphatic carbocycles. The summed E-state index contributed by atoms with van der Waals surface area (Å²) in [4.78, 5) is 27.0. The van der Waals surface area contributed by atoms with Crippen LogP contribution in [-0.4, -0.2) is 31.7 Å². The molecule has 0 bridgehead atoms. The van der Waals surface area contributed by atoms with Gasteiger partial charge in [-0.1, -0.05) is 6.92 Å². The molecule has 1 amide bonds. The van der Waals surface area contributed by atoms with Gasteiger partial charge in [-0.15, -0.1) is 11.3 Å². The number of carboxylic acid groups (broad SMARTS) is 1. The third-order valence-electron chi connectivity index (χ3n) is 2.98. The molecule has 0 aliphatic rings. The smallest absolute Gasteiger partial charge is 0.355 e. The van der Waals surface area contributed by atoms with E-state index in [1.807, 2.05) is 6.92 Å². The first-order chi connectivity index (χ1) is 9.92. The lowest BCUT2D eigenvalue weighted by Gasteiger charge is -2.10. The van der Waals surface area contributed by atoms with Gasteiger partial charge in [0, 0.05) is 12.4 Å². The molecule has 2 aromatic heterocycles. The van der Waals surface area contributed by atoms with Gasteiger partial charge >= 0.3 is 5.97 Å². The van der Waals surface area contributed by atoms with Gasteiger partial charge in [0.2, 0.25) is 0 Å². The van der Waals surface area contributed by atoms with Crippen molar-refractivity contribution >= 4 is 23.2 Å². The minimum atomic E-state index is -1.07. The van der Waals surface area contributed by atoms with Gasteiger partial charge in [0.1, 0.15) is 10.7 Å². The molecule has 2 N–H and O–H groups in total. The fourth-order valence-electron chi connectivity index (χ4n) is 1.83. The summed E-state index contributed by atoms with van der Waals surface area (Å²) in [6.07, 6.45) is 0.755. The summed E-state index contributed by atoms with van der Waals surface area (Å²) >= 11 is 1.21. The van der Waals surface area contributed by atoms with Crippen LogP contribution in [0.25, 0.3) is 0 Å². The molecular weight excluding hydrogens is 292 g/mol. The summed E-state index contributed by atoms with van der Waals surface area (Å²) in [5.41, 5.74) is 1.30. The molecule has 0 aliphatic heterocycles. The lowest BCUT2D eigenvalue weighted by molar-refractivity contribution is 0.0691. The first kappa shape index (κ1) is 15.2. The van der Waals surface area contributed by atoms with Crippen LogP contribution in [0.4, 0.5) is 0 Å².